The SMILES string of the molecule is O=C1O[C@@H]2CCC[C@@H]2c2nc(Cl)ccc21. The molecule has 1 saturated carbocycles. The molecular weight excluding hydrogens is 214 g/mol. The van der Waals surface area contributed by atoms with E-state index in [0.29, 0.717) is 10.7 Å². The van der Waals surface area contributed by atoms with Gasteiger partial charge in [0.15, 0.2) is 0 Å². The highest BCUT2D eigenvalue weighted by Gasteiger charge is 2.39. The largest absolute Gasteiger partial charge is 0.458 e. The van der Waals surface area contributed by atoms with Gasteiger partial charge in [-0.15, -0.1) is 0 Å². The molecule has 0 N–H and O–H groups in total. The Bertz CT molecular complexity index is 433. The molecule has 3 rings (SSSR count). The summed E-state index contributed by atoms with van der Waals surface area (Å²) in [6.07, 6.45) is 3.11. The lowest BCUT2D eigenvalue weighted by atomic mass is 9.94. The van der Waals surface area contributed by atoms with Crippen LogP contribution >= 0.6 is 11.6 Å². The number of rotatable bonds is 0. The number of nitrogens with zero attached hydrogens (tertiary/aromatic N) is 1. The van der Waals surface area contributed by atoms with Crippen LogP contribution < -0.4 is 0 Å². The predicted molar refractivity (Wildman–Crippen MR) is 55.0 cm³/mol. The average Bonchev–Trinajstić information content (AvgIpc) is 2.65. The third kappa shape index (κ3) is 1.34. The molecule has 2 aliphatic rings. The normalized spacial score (nSPS) is 28.2. The summed E-state index contributed by atoms with van der Waals surface area (Å²) in [5.74, 6) is 0.00807. The molecule has 1 aliphatic carbocycles. The van der Waals surface area contributed by atoms with Gasteiger partial charge in [-0.05, 0) is 31.4 Å². The molecule has 0 unspecified atom stereocenters. The molecule has 0 bridgehead atoms. The number of aromatic nitrogens is 1. The van der Waals surface area contributed by atoms with Crippen LogP contribution in [0, 0.1) is 0 Å². The van der Waals surface area contributed by atoms with E-state index in [2.05, 4.69) is 4.98 Å². The highest BCUT2D eigenvalue weighted by Crippen LogP contribution is 2.41. The molecule has 1 aliphatic heterocycles. The lowest BCUT2D eigenvalue weighted by molar-refractivity contribution is 0.0222. The summed E-state index contributed by atoms with van der Waals surface area (Å²) in [6.45, 7) is 0. The number of pyridine rings is 1. The number of halogens is 1. The van der Waals surface area contributed by atoms with Crippen molar-refractivity contribution in [1.29, 1.82) is 0 Å². The predicted octanol–water partition coefficient (Wildman–Crippen LogP) is 2.54. The van der Waals surface area contributed by atoms with Gasteiger partial charge in [0, 0.05) is 5.92 Å². The Hall–Kier alpha value is -1.09. The maximum atomic E-state index is 11.6. The third-order valence-corrected chi connectivity index (χ3v) is 3.38. The van der Waals surface area contributed by atoms with Gasteiger partial charge in [0.05, 0.1) is 11.3 Å². The van der Waals surface area contributed by atoms with Crippen molar-refractivity contribution < 1.29 is 9.53 Å². The number of fused-ring (bicyclic) bond motifs is 3. The Kier molecular flexibility index (Phi) is 1.96. The van der Waals surface area contributed by atoms with Crippen LogP contribution in [0.4, 0.5) is 0 Å². The van der Waals surface area contributed by atoms with Gasteiger partial charge >= 0.3 is 5.97 Å². The number of hydrogen-bond acceptors (Lipinski definition) is 3. The maximum absolute atomic E-state index is 11.6. The zero-order valence-electron chi connectivity index (χ0n) is 8.07. The molecule has 3 nitrogen and oxygen atoms in total. The van der Waals surface area contributed by atoms with Crippen LogP contribution in [0.2, 0.25) is 5.15 Å². The highest BCUT2D eigenvalue weighted by molar-refractivity contribution is 6.29. The fraction of sp³-hybridized carbons (Fsp3) is 0.455. The van der Waals surface area contributed by atoms with Gasteiger partial charge in [-0.25, -0.2) is 9.78 Å². The Morgan fingerprint density at radius 3 is 3.13 bits per heavy atom. The van der Waals surface area contributed by atoms with E-state index in [4.69, 9.17) is 16.3 Å². The fourth-order valence-electron chi connectivity index (χ4n) is 2.49. The molecule has 0 amide bonds. The van der Waals surface area contributed by atoms with Gasteiger partial charge < -0.3 is 4.74 Å². The van der Waals surface area contributed by atoms with Crippen LogP contribution in [-0.4, -0.2) is 17.1 Å². The molecule has 0 aromatic carbocycles. The molecule has 0 saturated heterocycles. The first-order valence-electron chi connectivity index (χ1n) is 5.13. The fourth-order valence-corrected chi connectivity index (χ4v) is 2.64. The van der Waals surface area contributed by atoms with E-state index < -0.39 is 0 Å². The van der Waals surface area contributed by atoms with Crippen LogP contribution in [0.3, 0.4) is 0 Å². The molecule has 1 fully saturated rings. The minimum absolute atomic E-state index is 0.0240. The van der Waals surface area contributed by atoms with Crippen molar-refractivity contribution in [2.24, 2.45) is 0 Å². The lowest BCUT2D eigenvalue weighted by Crippen LogP contribution is -2.29. The third-order valence-electron chi connectivity index (χ3n) is 3.17. The van der Waals surface area contributed by atoms with Crippen molar-refractivity contribution in [2.45, 2.75) is 31.3 Å². The van der Waals surface area contributed by atoms with E-state index in [1.54, 1.807) is 12.1 Å². The van der Waals surface area contributed by atoms with E-state index in [1.807, 2.05) is 0 Å². The molecule has 0 spiro atoms. The summed E-state index contributed by atoms with van der Waals surface area (Å²) in [6, 6.07) is 3.35. The first-order valence-corrected chi connectivity index (χ1v) is 5.51. The van der Waals surface area contributed by atoms with Gasteiger partial charge in [-0.1, -0.05) is 11.6 Å². The maximum Gasteiger partial charge on any atom is 0.340 e. The van der Waals surface area contributed by atoms with Crippen molar-refractivity contribution in [1.82, 2.24) is 4.98 Å². The lowest BCUT2D eigenvalue weighted by Gasteiger charge is -2.26. The van der Waals surface area contributed by atoms with E-state index in [0.717, 1.165) is 25.0 Å². The summed E-state index contributed by atoms with van der Waals surface area (Å²) >= 11 is 5.85. The first-order chi connectivity index (χ1) is 7.25. The summed E-state index contributed by atoms with van der Waals surface area (Å²) in [4.78, 5) is 15.9. The van der Waals surface area contributed by atoms with Crippen molar-refractivity contribution in [3.63, 3.8) is 0 Å². The van der Waals surface area contributed by atoms with E-state index >= 15 is 0 Å². The number of esters is 1. The van der Waals surface area contributed by atoms with Crippen LogP contribution in [0.25, 0.3) is 0 Å². The van der Waals surface area contributed by atoms with E-state index in [1.165, 1.54) is 0 Å². The first kappa shape index (κ1) is 9.16. The second-order valence-corrected chi connectivity index (χ2v) is 4.44. The second-order valence-electron chi connectivity index (χ2n) is 4.05. The van der Waals surface area contributed by atoms with Gasteiger partial charge in [0.2, 0.25) is 0 Å². The molecular formula is C11H10ClNO2. The Morgan fingerprint density at radius 2 is 2.27 bits per heavy atom. The van der Waals surface area contributed by atoms with Crippen LogP contribution in [-0.2, 0) is 4.74 Å². The second kappa shape index (κ2) is 3.20. The zero-order valence-corrected chi connectivity index (χ0v) is 8.83. The van der Waals surface area contributed by atoms with Crippen LogP contribution in [0.1, 0.15) is 41.2 Å². The van der Waals surface area contributed by atoms with E-state index in [9.17, 15) is 4.79 Å². The minimum Gasteiger partial charge on any atom is -0.458 e. The average molecular weight is 224 g/mol. The molecule has 2 atom stereocenters. The minimum atomic E-state index is -0.252. The molecule has 78 valence electrons. The Morgan fingerprint density at radius 1 is 1.40 bits per heavy atom. The molecule has 0 radical (unpaired) electrons. The number of hydrogen-bond donors (Lipinski definition) is 0. The number of carbonyl (C=O) groups excluding carboxylic acids is 1. The summed E-state index contributed by atoms with van der Waals surface area (Å²) in [5.41, 5.74) is 1.42. The molecule has 1 aromatic rings. The van der Waals surface area contributed by atoms with Gasteiger partial charge in [0.25, 0.3) is 0 Å². The zero-order chi connectivity index (χ0) is 10.4. The summed E-state index contributed by atoms with van der Waals surface area (Å²) in [7, 11) is 0. The van der Waals surface area contributed by atoms with Crippen molar-refractivity contribution >= 4 is 17.6 Å². The van der Waals surface area contributed by atoms with Gasteiger partial charge in [-0.2, -0.15) is 0 Å². The Balaban J connectivity index is 2.15. The smallest absolute Gasteiger partial charge is 0.340 e. The van der Waals surface area contributed by atoms with Gasteiger partial charge in [-0.3, -0.25) is 0 Å². The number of ether oxygens (including phenoxy) is 1. The monoisotopic (exact) mass is 223 g/mol. The number of carbonyl (C=O) groups is 1. The van der Waals surface area contributed by atoms with Crippen molar-refractivity contribution in [2.75, 3.05) is 0 Å². The molecule has 1 aromatic heterocycles. The van der Waals surface area contributed by atoms with Crippen molar-refractivity contribution in [3.05, 3.63) is 28.5 Å². The van der Waals surface area contributed by atoms with Crippen LogP contribution in [0.5, 0.6) is 0 Å². The van der Waals surface area contributed by atoms with Gasteiger partial charge in [0.1, 0.15) is 11.3 Å². The summed E-state index contributed by atoms with van der Waals surface area (Å²) < 4.78 is 5.35. The van der Waals surface area contributed by atoms with Crippen molar-refractivity contribution in [3.8, 4) is 0 Å². The standard InChI is InChI=1S/C11H10ClNO2/c12-9-5-4-7-10(13-9)6-2-1-3-8(6)15-11(7)14/h4-6,8H,1-3H2/t6-,8+/m0/s1. The van der Waals surface area contributed by atoms with Crippen LogP contribution in [0.15, 0.2) is 12.1 Å². The Labute approximate surface area is 92.4 Å². The summed E-state index contributed by atoms with van der Waals surface area (Å²) in [5, 5.41) is 0.453. The molecule has 2 heterocycles. The highest BCUT2D eigenvalue weighted by atomic mass is 35.5. The topological polar surface area (TPSA) is 39.2 Å². The molecule has 4 heteroatoms. The quantitative estimate of drug-likeness (QED) is 0.501. The molecule has 15 heavy (non-hydrogen) atoms. The van der Waals surface area contributed by atoms with E-state index in [-0.39, 0.29) is 18.0 Å².